The molecule has 1 aromatic carbocycles. The monoisotopic (exact) mass is 1400 g/mol. The van der Waals surface area contributed by atoms with Gasteiger partial charge in [0, 0.05) is 37.8 Å². The van der Waals surface area contributed by atoms with E-state index in [1.165, 1.54) is 41.7 Å². The van der Waals surface area contributed by atoms with Crippen molar-refractivity contribution in [3.05, 3.63) is 48.0 Å². The molecule has 550 valence electrons. The summed E-state index contributed by atoms with van der Waals surface area (Å²) in [4.78, 5) is 200. The first kappa shape index (κ1) is 82.1. The molecular formula is C65H101N15O19. The quantitative estimate of drug-likeness (QED) is 0.0311. The molecule has 18 N–H and O–H groups in total. The van der Waals surface area contributed by atoms with Gasteiger partial charge in [-0.3, -0.25) is 62.3 Å². The smallest absolute Gasteiger partial charge is 0.326 e. The second-order valence-electron chi connectivity index (χ2n) is 27.0. The number of aliphatic hydroxyl groups is 2. The summed E-state index contributed by atoms with van der Waals surface area (Å²) in [6, 6.07) is -11.5. The number of hydrogen-bond donors (Lipinski definition) is 17. The molecule has 2 aromatic rings. The summed E-state index contributed by atoms with van der Waals surface area (Å²) in [6.45, 7) is 14.6. The average molecular weight is 1400 g/mol. The molecule has 0 saturated carbocycles. The number of benzene rings is 1. The van der Waals surface area contributed by atoms with Gasteiger partial charge in [-0.15, -0.1) is 0 Å². The molecule has 0 spiro atoms. The number of nitrogens with one attached hydrogen (secondary N) is 11. The van der Waals surface area contributed by atoms with Crippen LogP contribution in [-0.2, 0) is 80.0 Å². The zero-order valence-electron chi connectivity index (χ0n) is 57.8. The molecule has 2 aliphatic heterocycles. The Hall–Kier alpha value is -9.31. The highest BCUT2D eigenvalue weighted by Gasteiger charge is 2.43. The number of carboxylic acids is 2. The van der Waals surface area contributed by atoms with Crippen LogP contribution < -0.4 is 58.9 Å². The van der Waals surface area contributed by atoms with Gasteiger partial charge in [0.15, 0.2) is 0 Å². The van der Waals surface area contributed by atoms with E-state index >= 15 is 0 Å². The zero-order valence-corrected chi connectivity index (χ0v) is 57.8. The molecule has 0 radical (unpaired) electrons. The molecule has 0 unspecified atom stereocenters. The van der Waals surface area contributed by atoms with Crippen molar-refractivity contribution in [1.82, 2.24) is 72.9 Å². The Morgan fingerprint density at radius 3 is 1.45 bits per heavy atom. The summed E-state index contributed by atoms with van der Waals surface area (Å²) in [7, 11) is 0. The third kappa shape index (κ3) is 25.8. The summed E-state index contributed by atoms with van der Waals surface area (Å²) >= 11 is 0. The fourth-order valence-corrected chi connectivity index (χ4v) is 11.2. The number of nitrogens with zero attached hydrogens (tertiary/aromatic N) is 3. The van der Waals surface area contributed by atoms with Gasteiger partial charge in [0.2, 0.25) is 70.9 Å². The minimum Gasteiger partial charge on any atom is -0.508 e. The molecule has 34 heteroatoms. The van der Waals surface area contributed by atoms with Crippen molar-refractivity contribution in [1.29, 1.82) is 0 Å². The first-order valence-corrected chi connectivity index (χ1v) is 33.3. The van der Waals surface area contributed by atoms with Crippen molar-refractivity contribution in [3.8, 4) is 5.75 Å². The number of aliphatic carboxylic acids is 2. The maximum atomic E-state index is 14.3. The van der Waals surface area contributed by atoms with Crippen molar-refractivity contribution >= 4 is 82.8 Å². The van der Waals surface area contributed by atoms with Crippen LogP contribution in [0.4, 0.5) is 0 Å². The molecule has 1 aromatic heterocycles. The Morgan fingerprint density at radius 2 is 0.960 bits per heavy atom. The number of aromatic nitrogens is 2. The summed E-state index contributed by atoms with van der Waals surface area (Å²) in [5.41, 5.74) is 6.80. The van der Waals surface area contributed by atoms with E-state index in [0.29, 0.717) is 17.7 Å². The Labute approximate surface area is 574 Å². The number of aliphatic hydroxyl groups excluding tert-OH is 2. The number of carbonyl (C=O) groups is 14. The summed E-state index contributed by atoms with van der Waals surface area (Å²) < 4.78 is 0. The number of carboxylic acid groups (broad SMARTS) is 2. The predicted octanol–water partition coefficient (Wildman–Crippen LogP) is -3.32. The van der Waals surface area contributed by atoms with E-state index in [0.717, 1.165) is 4.90 Å². The number of likely N-dealkylation sites (tertiary alicyclic amines) is 2. The third-order valence-corrected chi connectivity index (χ3v) is 16.6. The molecule has 0 bridgehead atoms. The number of rotatable bonds is 39. The number of imidazole rings is 1. The Kier molecular flexibility index (Phi) is 32.6. The van der Waals surface area contributed by atoms with E-state index in [-0.39, 0.29) is 93.9 Å². The minimum absolute atomic E-state index is 0.00593. The van der Waals surface area contributed by atoms with Crippen molar-refractivity contribution in [2.75, 3.05) is 32.8 Å². The van der Waals surface area contributed by atoms with Gasteiger partial charge >= 0.3 is 11.9 Å². The molecular weight excluding hydrogens is 1290 g/mol. The highest BCUT2D eigenvalue weighted by Crippen LogP contribution is 2.23. The van der Waals surface area contributed by atoms with Crippen LogP contribution in [0, 0.1) is 29.6 Å². The summed E-state index contributed by atoms with van der Waals surface area (Å²) in [6.07, 6.45) is 2.29. The van der Waals surface area contributed by atoms with Gasteiger partial charge in [0.05, 0.1) is 38.5 Å². The molecule has 12 amide bonds. The largest absolute Gasteiger partial charge is 0.508 e. The van der Waals surface area contributed by atoms with Gasteiger partial charge in [-0.2, -0.15) is 0 Å². The van der Waals surface area contributed by atoms with Crippen LogP contribution in [0.5, 0.6) is 5.75 Å². The Bertz CT molecular complexity index is 3130. The van der Waals surface area contributed by atoms with Crippen molar-refractivity contribution < 1.29 is 92.7 Å². The van der Waals surface area contributed by atoms with Crippen LogP contribution in [0.25, 0.3) is 0 Å². The minimum atomic E-state index is -1.98. The third-order valence-electron chi connectivity index (χ3n) is 16.6. The van der Waals surface area contributed by atoms with Crippen LogP contribution in [0.15, 0.2) is 36.8 Å². The first-order valence-electron chi connectivity index (χ1n) is 33.3. The maximum absolute atomic E-state index is 14.3. The van der Waals surface area contributed by atoms with Gasteiger partial charge in [-0.05, 0) is 92.2 Å². The highest BCUT2D eigenvalue weighted by atomic mass is 16.4. The van der Waals surface area contributed by atoms with Crippen molar-refractivity contribution in [2.24, 2.45) is 35.3 Å². The van der Waals surface area contributed by atoms with Gasteiger partial charge < -0.3 is 99.2 Å². The number of phenolic OH excluding ortho intramolecular Hbond substituents is 1. The number of amides is 12. The van der Waals surface area contributed by atoms with E-state index in [1.54, 1.807) is 55.4 Å². The predicted molar refractivity (Wildman–Crippen MR) is 354 cm³/mol. The Morgan fingerprint density at radius 1 is 0.525 bits per heavy atom. The standard InChI is InChI=1S/C65H101N15O19/c1-32(2)21-40(70-57(90)43(25-38-27-67-31-69-38)72-56(89)41(22-33(3)4)74-63(96)52(66)35(7)8)55(88)73-44(26-51(85)86)58(91)76-46(29-81)59(92)71-42(24-37-15-17-39(83)18-16-37)54(87)68-28-50(84)79-19-11-13-48(79)61(94)77-47(30-82)60(93)78-53(36(9)10)64(97)80-20-12-14-49(80)62(95)75-45(65(98)99)23-34(5)6/h15-18,27,31-36,40-49,52-53,81-83H,11-14,19-26,28-30,66H2,1-10H3,(H,67,69)(H,68,87)(H,70,90)(H,71,92)(H,72,89)(H,73,88)(H,74,96)(H,75,95)(H,76,91)(H,77,94)(H,78,93)(H,85,86)(H,98,99)/t40-,41-,42-,43-,44-,45-,46-,47-,48-,49-,52-,53-/m0/s1. The second-order valence-corrected chi connectivity index (χ2v) is 27.0. The number of hydrogen-bond acceptors (Lipinski definition) is 19. The average Bonchev–Trinajstić information content (AvgIpc) is 1.76. The number of carbonyl (C=O) groups excluding carboxylic acids is 12. The van der Waals surface area contributed by atoms with Crippen LogP contribution >= 0.6 is 0 Å². The van der Waals surface area contributed by atoms with Gasteiger partial charge in [-0.25, -0.2) is 9.78 Å². The van der Waals surface area contributed by atoms with Crippen LogP contribution in [-0.4, -0.2) is 233 Å². The summed E-state index contributed by atoms with van der Waals surface area (Å²) in [5, 5.41) is 75.3. The fourth-order valence-electron chi connectivity index (χ4n) is 11.2. The molecule has 3 heterocycles. The first-order chi connectivity index (χ1) is 46.5. The van der Waals surface area contributed by atoms with Crippen LogP contribution in [0.3, 0.4) is 0 Å². The van der Waals surface area contributed by atoms with E-state index in [9.17, 15) is 92.7 Å². The molecule has 2 aliphatic rings. The normalized spacial score (nSPS) is 17.6. The molecule has 2 saturated heterocycles. The van der Waals surface area contributed by atoms with E-state index in [4.69, 9.17) is 5.73 Å². The molecule has 4 rings (SSSR count). The number of aromatic hydroxyl groups is 1. The lowest BCUT2D eigenvalue weighted by Crippen LogP contribution is -2.61. The molecule has 34 nitrogen and oxygen atoms in total. The lowest BCUT2D eigenvalue weighted by molar-refractivity contribution is -0.146. The summed E-state index contributed by atoms with van der Waals surface area (Å²) in [5.74, 6) is -15.2. The fraction of sp³-hybridized carbons (Fsp3) is 0.646. The van der Waals surface area contributed by atoms with Crippen LogP contribution in [0.2, 0.25) is 0 Å². The Balaban J connectivity index is 1.47. The SMILES string of the molecule is CC(C)C[C@H](NC(=O)[C@@H]1CCCN1C(=O)[C@@H](NC(=O)[C@H](CO)NC(=O)[C@@H]1CCCN1C(=O)CNC(=O)[C@H](Cc1ccc(O)cc1)NC(=O)[C@H](CO)NC(=O)[C@H](CC(=O)O)NC(=O)[C@H](CC(C)C)NC(=O)[C@H](Cc1cnc[nH]1)NC(=O)[C@H](CC(C)C)NC(=O)[C@@H](N)C(C)C)C(C)C)C(=O)O. The van der Waals surface area contributed by atoms with E-state index in [1.807, 2.05) is 13.8 Å². The van der Waals surface area contributed by atoms with E-state index < -0.39 is 187 Å². The highest BCUT2D eigenvalue weighted by molar-refractivity contribution is 6.00. The lowest BCUT2D eigenvalue weighted by Gasteiger charge is -2.32. The van der Waals surface area contributed by atoms with E-state index in [2.05, 4.69) is 63.1 Å². The van der Waals surface area contributed by atoms with Gasteiger partial charge in [0.25, 0.3) is 0 Å². The lowest BCUT2D eigenvalue weighted by atomic mass is 9.99. The number of aromatic amines is 1. The molecule has 12 atom stereocenters. The number of H-pyrrole nitrogens is 1. The molecule has 99 heavy (non-hydrogen) atoms. The van der Waals surface area contributed by atoms with Crippen molar-refractivity contribution in [2.45, 2.75) is 206 Å². The van der Waals surface area contributed by atoms with Gasteiger partial charge in [-0.1, -0.05) is 81.4 Å². The molecule has 0 aliphatic carbocycles. The van der Waals surface area contributed by atoms with Crippen molar-refractivity contribution in [3.63, 3.8) is 0 Å². The molecule has 2 fully saturated rings. The number of nitrogens with two attached hydrogens (primary N) is 1. The second kappa shape index (κ2) is 39.3. The maximum Gasteiger partial charge on any atom is 0.326 e. The van der Waals surface area contributed by atoms with Crippen LogP contribution in [0.1, 0.15) is 132 Å². The van der Waals surface area contributed by atoms with Gasteiger partial charge in [0.1, 0.15) is 72.2 Å². The number of phenols is 1. The zero-order chi connectivity index (χ0) is 74.1. The topological polar surface area (TPSA) is 522 Å².